The molecule has 1 aliphatic rings. The first-order chi connectivity index (χ1) is 14.1. The molecule has 0 spiro atoms. The van der Waals surface area contributed by atoms with Gasteiger partial charge in [-0.3, -0.25) is 9.78 Å². The summed E-state index contributed by atoms with van der Waals surface area (Å²) in [7, 11) is 0. The molecule has 1 saturated heterocycles. The number of pyridine rings is 1. The second-order valence-corrected chi connectivity index (χ2v) is 7.45. The minimum absolute atomic E-state index is 0.209. The van der Waals surface area contributed by atoms with E-state index in [4.69, 9.17) is 27.9 Å². The van der Waals surface area contributed by atoms with E-state index in [1.165, 1.54) is 0 Å². The first-order valence-corrected chi connectivity index (χ1v) is 10.0. The molecule has 1 aromatic heterocycles. The van der Waals surface area contributed by atoms with Crippen LogP contribution in [0.5, 0.6) is 0 Å². The summed E-state index contributed by atoms with van der Waals surface area (Å²) in [6.07, 6.45) is 1.69. The second-order valence-electron chi connectivity index (χ2n) is 6.63. The number of halogens is 2. The number of carbonyl (C=O) groups is 1. The van der Waals surface area contributed by atoms with Crippen LogP contribution in [0.1, 0.15) is 10.4 Å². The summed E-state index contributed by atoms with van der Waals surface area (Å²) in [5, 5.41) is 4.06. The Bertz CT molecular complexity index is 1020. The van der Waals surface area contributed by atoms with E-state index in [0.29, 0.717) is 40.2 Å². The van der Waals surface area contributed by atoms with Gasteiger partial charge in [0.25, 0.3) is 5.91 Å². The molecule has 3 aromatic rings. The highest BCUT2D eigenvalue weighted by Gasteiger charge is 2.15. The molecule has 0 aliphatic carbocycles. The molecule has 0 atom stereocenters. The predicted octanol–water partition coefficient (Wildman–Crippen LogP) is 5.14. The molecule has 0 bridgehead atoms. The maximum absolute atomic E-state index is 12.6. The Labute approximate surface area is 179 Å². The van der Waals surface area contributed by atoms with Crippen LogP contribution < -0.4 is 10.2 Å². The molecule has 2 aromatic carbocycles. The van der Waals surface area contributed by atoms with E-state index < -0.39 is 0 Å². The van der Waals surface area contributed by atoms with Crippen molar-refractivity contribution in [3.63, 3.8) is 0 Å². The number of hydrogen-bond donors (Lipinski definition) is 1. The van der Waals surface area contributed by atoms with Crippen LogP contribution in [0.4, 0.5) is 11.4 Å². The summed E-state index contributed by atoms with van der Waals surface area (Å²) in [5.74, 6) is -0.209. The lowest BCUT2D eigenvalue weighted by Crippen LogP contribution is -2.36. The number of carbonyl (C=O) groups excluding carboxylic acids is 1. The van der Waals surface area contributed by atoms with E-state index in [2.05, 4.69) is 15.2 Å². The van der Waals surface area contributed by atoms with E-state index in [1.807, 2.05) is 24.3 Å². The fourth-order valence-corrected chi connectivity index (χ4v) is 3.76. The largest absolute Gasteiger partial charge is 0.378 e. The van der Waals surface area contributed by atoms with Crippen LogP contribution in [-0.2, 0) is 4.74 Å². The highest BCUT2D eigenvalue weighted by Crippen LogP contribution is 2.30. The van der Waals surface area contributed by atoms with Crippen molar-refractivity contribution in [1.29, 1.82) is 0 Å². The molecule has 1 aliphatic heterocycles. The molecule has 148 valence electrons. The Morgan fingerprint density at radius 1 is 1.00 bits per heavy atom. The van der Waals surface area contributed by atoms with Crippen molar-refractivity contribution < 1.29 is 9.53 Å². The van der Waals surface area contributed by atoms with Crippen LogP contribution in [0.3, 0.4) is 0 Å². The van der Waals surface area contributed by atoms with Crippen molar-refractivity contribution in [2.45, 2.75) is 0 Å². The highest BCUT2D eigenvalue weighted by atomic mass is 35.5. The average Bonchev–Trinajstić information content (AvgIpc) is 2.75. The van der Waals surface area contributed by atoms with Crippen LogP contribution in [-0.4, -0.2) is 37.2 Å². The van der Waals surface area contributed by atoms with Gasteiger partial charge in [-0.1, -0.05) is 35.3 Å². The number of nitrogens with zero attached hydrogens (tertiary/aromatic N) is 2. The first kappa shape index (κ1) is 19.7. The number of rotatable bonds is 4. The topological polar surface area (TPSA) is 54.5 Å². The van der Waals surface area contributed by atoms with Gasteiger partial charge >= 0.3 is 0 Å². The Hall–Kier alpha value is -2.60. The number of nitrogens with one attached hydrogen (secondary N) is 1. The monoisotopic (exact) mass is 427 g/mol. The molecule has 1 amide bonds. The molecule has 2 heterocycles. The van der Waals surface area contributed by atoms with Gasteiger partial charge < -0.3 is 15.0 Å². The summed E-state index contributed by atoms with van der Waals surface area (Å²) >= 11 is 12.6. The first-order valence-electron chi connectivity index (χ1n) is 9.26. The number of hydrogen-bond acceptors (Lipinski definition) is 4. The minimum atomic E-state index is -0.209. The van der Waals surface area contributed by atoms with Crippen LogP contribution in [0.2, 0.25) is 10.0 Å². The Kier molecular flexibility index (Phi) is 6.00. The van der Waals surface area contributed by atoms with E-state index in [1.54, 1.807) is 36.5 Å². The van der Waals surface area contributed by atoms with Crippen molar-refractivity contribution in [2.24, 2.45) is 0 Å². The van der Waals surface area contributed by atoms with Gasteiger partial charge in [0.2, 0.25) is 0 Å². The van der Waals surface area contributed by atoms with Gasteiger partial charge in [-0.05, 0) is 42.5 Å². The normalized spacial score (nSPS) is 13.9. The Morgan fingerprint density at radius 3 is 2.45 bits per heavy atom. The van der Waals surface area contributed by atoms with Crippen LogP contribution in [0, 0.1) is 0 Å². The zero-order chi connectivity index (χ0) is 20.2. The number of amides is 1. The van der Waals surface area contributed by atoms with Gasteiger partial charge in [-0.2, -0.15) is 0 Å². The molecule has 1 fully saturated rings. The zero-order valence-electron chi connectivity index (χ0n) is 15.6. The highest BCUT2D eigenvalue weighted by molar-refractivity contribution is 6.33. The van der Waals surface area contributed by atoms with Crippen LogP contribution >= 0.6 is 23.2 Å². The fraction of sp³-hybridized carbons (Fsp3) is 0.182. The lowest BCUT2D eigenvalue weighted by molar-refractivity contribution is 0.102. The van der Waals surface area contributed by atoms with Crippen LogP contribution in [0.15, 0.2) is 60.8 Å². The molecule has 4 rings (SSSR count). The molecular formula is C22H19Cl2N3O2. The number of anilines is 2. The van der Waals surface area contributed by atoms with Crippen molar-refractivity contribution in [3.05, 3.63) is 76.4 Å². The summed E-state index contributed by atoms with van der Waals surface area (Å²) in [4.78, 5) is 19.1. The number of ether oxygens (including phenoxy) is 1. The standard InChI is InChI=1S/C22H19Cl2N3O2/c23-18-2-1-9-25-21(18)15-3-5-16(6-4-15)22(28)26-17-7-8-20(19(24)14-17)27-10-12-29-13-11-27/h1-9,14H,10-13H2,(H,26,28). The Balaban J connectivity index is 1.46. The van der Waals surface area contributed by atoms with Crippen LogP contribution in [0.25, 0.3) is 11.3 Å². The van der Waals surface area contributed by atoms with E-state index in [-0.39, 0.29) is 5.91 Å². The third-order valence-electron chi connectivity index (χ3n) is 4.74. The number of aromatic nitrogens is 1. The minimum Gasteiger partial charge on any atom is -0.378 e. The summed E-state index contributed by atoms with van der Waals surface area (Å²) in [5.41, 5.74) is 3.67. The van der Waals surface area contributed by atoms with Gasteiger partial charge in [-0.25, -0.2) is 0 Å². The lowest BCUT2D eigenvalue weighted by atomic mass is 10.1. The number of morpholine rings is 1. The molecule has 0 saturated carbocycles. The lowest BCUT2D eigenvalue weighted by Gasteiger charge is -2.29. The quantitative estimate of drug-likeness (QED) is 0.625. The van der Waals surface area contributed by atoms with Crippen molar-refractivity contribution in [2.75, 3.05) is 36.5 Å². The third kappa shape index (κ3) is 4.53. The summed E-state index contributed by atoms with van der Waals surface area (Å²) in [6, 6.07) is 16.3. The molecule has 7 heteroatoms. The SMILES string of the molecule is O=C(Nc1ccc(N2CCOCC2)c(Cl)c1)c1ccc(-c2ncccc2Cl)cc1. The number of benzene rings is 2. The van der Waals surface area contributed by atoms with Gasteiger partial charge in [0.1, 0.15) is 0 Å². The van der Waals surface area contributed by atoms with Crippen molar-refractivity contribution >= 4 is 40.5 Å². The van der Waals surface area contributed by atoms with Crippen molar-refractivity contribution in [1.82, 2.24) is 4.98 Å². The van der Waals surface area contributed by atoms with Gasteiger partial charge in [0, 0.05) is 36.1 Å². The molecule has 0 radical (unpaired) electrons. The van der Waals surface area contributed by atoms with E-state index in [0.717, 1.165) is 24.3 Å². The molecule has 29 heavy (non-hydrogen) atoms. The molecular weight excluding hydrogens is 409 g/mol. The van der Waals surface area contributed by atoms with Gasteiger partial charge in [0.15, 0.2) is 0 Å². The summed E-state index contributed by atoms with van der Waals surface area (Å²) in [6.45, 7) is 2.99. The van der Waals surface area contributed by atoms with Gasteiger partial charge in [-0.15, -0.1) is 0 Å². The second kappa shape index (κ2) is 8.82. The fourth-order valence-electron chi connectivity index (χ4n) is 3.23. The predicted molar refractivity (Wildman–Crippen MR) is 117 cm³/mol. The smallest absolute Gasteiger partial charge is 0.255 e. The van der Waals surface area contributed by atoms with Crippen molar-refractivity contribution in [3.8, 4) is 11.3 Å². The average molecular weight is 428 g/mol. The molecule has 0 unspecified atom stereocenters. The van der Waals surface area contributed by atoms with E-state index in [9.17, 15) is 4.79 Å². The Morgan fingerprint density at radius 2 is 1.76 bits per heavy atom. The molecule has 1 N–H and O–H groups in total. The maximum Gasteiger partial charge on any atom is 0.255 e. The summed E-state index contributed by atoms with van der Waals surface area (Å²) < 4.78 is 5.38. The molecule has 5 nitrogen and oxygen atoms in total. The van der Waals surface area contributed by atoms with Gasteiger partial charge in [0.05, 0.1) is 34.6 Å². The zero-order valence-corrected chi connectivity index (χ0v) is 17.1. The van der Waals surface area contributed by atoms with E-state index >= 15 is 0 Å². The third-order valence-corrected chi connectivity index (χ3v) is 5.34. The maximum atomic E-state index is 12.6.